The van der Waals surface area contributed by atoms with E-state index in [-0.39, 0.29) is 0 Å². The third-order valence-electron chi connectivity index (χ3n) is 3.57. The molecule has 0 radical (unpaired) electrons. The molecule has 0 atom stereocenters. The average molecular weight is 234 g/mol. The third kappa shape index (κ3) is 2.97. The molecule has 17 heavy (non-hydrogen) atoms. The van der Waals surface area contributed by atoms with Crippen LogP contribution in [0, 0.1) is 0 Å². The minimum atomic E-state index is -0.484. The first-order chi connectivity index (χ1) is 7.98. The average Bonchev–Trinajstić information content (AvgIpc) is 2.29. The zero-order valence-electron chi connectivity index (χ0n) is 11.0. The van der Waals surface area contributed by atoms with Gasteiger partial charge < -0.3 is 10.0 Å². The van der Waals surface area contributed by atoms with E-state index in [1.807, 2.05) is 13.1 Å². The van der Waals surface area contributed by atoms with E-state index in [4.69, 9.17) is 0 Å². The Kier molecular flexibility index (Phi) is 3.38. The predicted octanol–water partition coefficient (Wildman–Crippen LogP) is 2.56. The summed E-state index contributed by atoms with van der Waals surface area (Å²) in [5, 5.41) is 9.91. The summed E-state index contributed by atoms with van der Waals surface area (Å²) in [5.74, 6) is 0.478. The quantitative estimate of drug-likeness (QED) is 0.854. The van der Waals surface area contributed by atoms with Crippen molar-refractivity contribution in [2.45, 2.75) is 45.1 Å². The molecule has 0 spiro atoms. The molecule has 0 unspecified atom stereocenters. The Labute approximate surface area is 103 Å². The second-order valence-electron chi connectivity index (χ2n) is 5.58. The second-order valence-corrected chi connectivity index (χ2v) is 5.58. The van der Waals surface area contributed by atoms with E-state index < -0.39 is 5.60 Å². The number of anilines is 1. The molecule has 3 heteroatoms. The smallest absolute Gasteiger partial charge is 0.0653 e. The molecule has 1 aromatic rings. The molecule has 1 saturated heterocycles. The fourth-order valence-electron chi connectivity index (χ4n) is 2.17. The maximum Gasteiger partial charge on any atom is 0.0653 e. The first-order valence-corrected chi connectivity index (χ1v) is 6.41. The van der Waals surface area contributed by atoms with E-state index in [0.717, 1.165) is 31.6 Å². The summed E-state index contributed by atoms with van der Waals surface area (Å²) in [6.07, 6.45) is 3.62. The molecule has 94 valence electrons. The summed E-state index contributed by atoms with van der Waals surface area (Å²) in [4.78, 5) is 6.79. The standard InChI is InChI=1S/C14H22N2O/c1-11(2)13-5-4-12(10-15-13)16-8-6-14(3,17)7-9-16/h4-5,10-11,17H,6-9H2,1-3H3. The van der Waals surface area contributed by atoms with Gasteiger partial charge in [-0.25, -0.2) is 0 Å². The van der Waals surface area contributed by atoms with Crippen LogP contribution in [0.4, 0.5) is 5.69 Å². The highest BCUT2D eigenvalue weighted by Gasteiger charge is 2.27. The van der Waals surface area contributed by atoms with Gasteiger partial charge in [0.1, 0.15) is 0 Å². The van der Waals surface area contributed by atoms with Gasteiger partial charge in [0.15, 0.2) is 0 Å². The Morgan fingerprint density at radius 1 is 1.29 bits per heavy atom. The molecule has 2 rings (SSSR count). The molecule has 1 N–H and O–H groups in total. The zero-order valence-corrected chi connectivity index (χ0v) is 11.0. The van der Waals surface area contributed by atoms with Crippen LogP contribution < -0.4 is 4.90 Å². The molecule has 1 aliphatic rings. The van der Waals surface area contributed by atoms with Crippen molar-refractivity contribution in [2.24, 2.45) is 0 Å². The van der Waals surface area contributed by atoms with Crippen molar-refractivity contribution in [2.75, 3.05) is 18.0 Å². The summed E-state index contributed by atoms with van der Waals surface area (Å²) in [6, 6.07) is 4.25. The summed E-state index contributed by atoms with van der Waals surface area (Å²) < 4.78 is 0. The predicted molar refractivity (Wildman–Crippen MR) is 70.4 cm³/mol. The maximum absolute atomic E-state index is 9.91. The van der Waals surface area contributed by atoms with Gasteiger partial charge in [-0.3, -0.25) is 4.98 Å². The van der Waals surface area contributed by atoms with Crippen molar-refractivity contribution in [1.29, 1.82) is 0 Å². The Bertz CT molecular complexity index is 360. The van der Waals surface area contributed by atoms with Crippen molar-refractivity contribution < 1.29 is 5.11 Å². The number of aromatic nitrogens is 1. The van der Waals surface area contributed by atoms with Crippen LogP contribution in [0.15, 0.2) is 18.3 Å². The van der Waals surface area contributed by atoms with Crippen molar-refractivity contribution in [1.82, 2.24) is 4.98 Å². The third-order valence-corrected chi connectivity index (χ3v) is 3.57. The first kappa shape index (κ1) is 12.4. The lowest BCUT2D eigenvalue weighted by molar-refractivity contribution is 0.0351. The van der Waals surface area contributed by atoms with Crippen LogP contribution in [-0.2, 0) is 0 Å². The van der Waals surface area contributed by atoms with Crippen molar-refractivity contribution >= 4 is 5.69 Å². The molecule has 1 fully saturated rings. The number of hydrogen-bond donors (Lipinski definition) is 1. The van der Waals surface area contributed by atoms with Gasteiger partial charge in [0.05, 0.1) is 17.5 Å². The van der Waals surface area contributed by atoms with Gasteiger partial charge in [-0.15, -0.1) is 0 Å². The van der Waals surface area contributed by atoms with Gasteiger partial charge >= 0.3 is 0 Å². The van der Waals surface area contributed by atoms with Crippen LogP contribution in [0.5, 0.6) is 0 Å². The Hall–Kier alpha value is -1.09. The normalized spacial score (nSPS) is 19.7. The molecule has 1 aromatic heterocycles. The summed E-state index contributed by atoms with van der Waals surface area (Å²) in [7, 11) is 0. The fourth-order valence-corrected chi connectivity index (χ4v) is 2.17. The molecule has 0 aliphatic carbocycles. The fraction of sp³-hybridized carbons (Fsp3) is 0.643. The zero-order chi connectivity index (χ0) is 12.5. The largest absolute Gasteiger partial charge is 0.390 e. The van der Waals surface area contributed by atoms with Gasteiger partial charge in [-0.2, -0.15) is 0 Å². The molecular weight excluding hydrogens is 212 g/mol. The summed E-state index contributed by atoms with van der Waals surface area (Å²) >= 11 is 0. The van der Waals surface area contributed by atoms with Crippen molar-refractivity contribution in [3.63, 3.8) is 0 Å². The van der Waals surface area contributed by atoms with Gasteiger partial charge in [0.25, 0.3) is 0 Å². The highest BCUT2D eigenvalue weighted by Crippen LogP contribution is 2.26. The van der Waals surface area contributed by atoms with E-state index in [2.05, 4.69) is 35.9 Å². The van der Waals surface area contributed by atoms with Gasteiger partial charge in [-0.1, -0.05) is 13.8 Å². The highest BCUT2D eigenvalue weighted by molar-refractivity contribution is 5.45. The van der Waals surface area contributed by atoms with Crippen LogP contribution in [-0.4, -0.2) is 28.8 Å². The lowest BCUT2D eigenvalue weighted by Gasteiger charge is -2.37. The van der Waals surface area contributed by atoms with Gasteiger partial charge in [-0.05, 0) is 37.8 Å². The molecule has 0 saturated carbocycles. The number of piperidine rings is 1. The Balaban J connectivity index is 2.04. The van der Waals surface area contributed by atoms with E-state index in [0.29, 0.717) is 5.92 Å². The molecular formula is C14H22N2O. The number of nitrogens with zero attached hydrogens (tertiary/aromatic N) is 2. The first-order valence-electron chi connectivity index (χ1n) is 6.41. The highest BCUT2D eigenvalue weighted by atomic mass is 16.3. The molecule has 1 aliphatic heterocycles. The van der Waals surface area contributed by atoms with Gasteiger partial charge in [0, 0.05) is 18.8 Å². The van der Waals surface area contributed by atoms with Crippen LogP contribution >= 0.6 is 0 Å². The number of rotatable bonds is 2. The minimum Gasteiger partial charge on any atom is -0.390 e. The minimum absolute atomic E-state index is 0.478. The summed E-state index contributed by atoms with van der Waals surface area (Å²) in [5.41, 5.74) is 1.82. The molecule has 3 nitrogen and oxygen atoms in total. The SMILES string of the molecule is CC(C)c1ccc(N2CCC(C)(O)CC2)cn1. The number of aliphatic hydroxyl groups is 1. The van der Waals surface area contributed by atoms with E-state index in [1.54, 1.807) is 0 Å². The topological polar surface area (TPSA) is 36.4 Å². The van der Waals surface area contributed by atoms with Crippen LogP contribution in [0.3, 0.4) is 0 Å². The van der Waals surface area contributed by atoms with Gasteiger partial charge in [0.2, 0.25) is 0 Å². The molecule has 0 amide bonds. The molecule has 2 heterocycles. The number of pyridine rings is 1. The Morgan fingerprint density at radius 2 is 1.94 bits per heavy atom. The second kappa shape index (κ2) is 4.65. The maximum atomic E-state index is 9.91. The summed E-state index contributed by atoms with van der Waals surface area (Å²) in [6.45, 7) is 8.05. The molecule has 0 bridgehead atoms. The number of hydrogen-bond acceptors (Lipinski definition) is 3. The lowest BCUT2D eigenvalue weighted by atomic mass is 9.93. The van der Waals surface area contributed by atoms with Crippen molar-refractivity contribution in [3.8, 4) is 0 Å². The van der Waals surface area contributed by atoms with Crippen LogP contribution in [0.1, 0.15) is 45.2 Å². The van der Waals surface area contributed by atoms with E-state index >= 15 is 0 Å². The van der Waals surface area contributed by atoms with Crippen LogP contribution in [0.25, 0.3) is 0 Å². The Morgan fingerprint density at radius 3 is 2.41 bits per heavy atom. The monoisotopic (exact) mass is 234 g/mol. The van der Waals surface area contributed by atoms with E-state index in [9.17, 15) is 5.11 Å². The van der Waals surface area contributed by atoms with E-state index in [1.165, 1.54) is 5.69 Å². The van der Waals surface area contributed by atoms with Crippen LogP contribution in [0.2, 0.25) is 0 Å². The molecule has 0 aromatic carbocycles. The lowest BCUT2D eigenvalue weighted by Crippen LogP contribution is -2.42. The van der Waals surface area contributed by atoms with Crippen molar-refractivity contribution in [3.05, 3.63) is 24.0 Å².